The van der Waals surface area contributed by atoms with Crippen LogP contribution in [0.3, 0.4) is 0 Å². The molecule has 2 saturated heterocycles. The lowest BCUT2D eigenvalue weighted by atomic mass is 9.82. The maximum absolute atomic E-state index is 12.8. The number of nitrogens with one attached hydrogen (secondary N) is 2. The van der Waals surface area contributed by atoms with Gasteiger partial charge in [-0.2, -0.15) is 0 Å². The summed E-state index contributed by atoms with van der Waals surface area (Å²) < 4.78 is 5.37. The van der Waals surface area contributed by atoms with Crippen LogP contribution in [0.2, 0.25) is 0 Å². The molecule has 30 heavy (non-hydrogen) atoms. The van der Waals surface area contributed by atoms with Crippen LogP contribution in [0.25, 0.3) is 0 Å². The minimum atomic E-state index is -0.737. The second kappa shape index (κ2) is 8.99. The molecule has 1 spiro atoms. The normalized spacial score (nSPS) is 21.1. The molecule has 9 heteroatoms. The van der Waals surface area contributed by atoms with Gasteiger partial charge in [0.2, 0.25) is 5.91 Å². The molecule has 0 bridgehead atoms. The number of carbonyl (C=O) groups excluding carboxylic acids is 3. The quantitative estimate of drug-likeness (QED) is 0.676. The number of pyridine rings is 1. The van der Waals surface area contributed by atoms with E-state index in [-0.39, 0.29) is 30.8 Å². The summed E-state index contributed by atoms with van der Waals surface area (Å²) in [5, 5.41) is 5.75. The average molecular weight is 415 g/mol. The average Bonchev–Trinajstić information content (AvgIpc) is 3.00. The van der Waals surface area contributed by atoms with Crippen LogP contribution in [0.1, 0.15) is 44.1 Å². The third-order valence-electron chi connectivity index (χ3n) is 6.15. The summed E-state index contributed by atoms with van der Waals surface area (Å²) in [6.45, 7) is 3.46. The fourth-order valence-corrected chi connectivity index (χ4v) is 4.41. The van der Waals surface area contributed by atoms with E-state index in [1.807, 2.05) is 12.1 Å². The van der Waals surface area contributed by atoms with E-state index in [0.717, 1.165) is 43.7 Å². The van der Waals surface area contributed by atoms with Gasteiger partial charge < -0.3 is 20.3 Å². The minimum absolute atomic E-state index is 0.0939. The molecule has 3 heterocycles. The van der Waals surface area contributed by atoms with Gasteiger partial charge in [-0.05, 0) is 30.5 Å². The van der Waals surface area contributed by atoms with Crippen LogP contribution in [0.15, 0.2) is 18.3 Å². The van der Waals surface area contributed by atoms with Gasteiger partial charge in [0.15, 0.2) is 0 Å². The van der Waals surface area contributed by atoms with Gasteiger partial charge in [-0.3, -0.25) is 14.5 Å². The molecular weight excluding hydrogens is 386 g/mol. The van der Waals surface area contributed by atoms with Crippen molar-refractivity contribution in [3.05, 3.63) is 23.9 Å². The van der Waals surface area contributed by atoms with Gasteiger partial charge in [0, 0.05) is 38.8 Å². The van der Waals surface area contributed by atoms with Crippen molar-refractivity contribution >= 4 is 23.7 Å². The number of amides is 4. The predicted octanol–water partition coefficient (Wildman–Crippen LogP) is 1.18. The molecule has 0 unspecified atom stereocenters. The van der Waals surface area contributed by atoms with E-state index in [0.29, 0.717) is 32.6 Å². The fourth-order valence-electron chi connectivity index (χ4n) is 4.41. The van der Waals surface area contributed by atoms with Crippen LogP contribution in [-0.4, -0.2) is 66.1 Å². The summed E-state index contributed by atoms with van der Waals surface area (Å²) in [5.74, 6) is 0.511. The number of morpholine rings is 1. The summed E-state index contributed by atoms with van der Waals surface area (Å²) in [6, 6.07) is 3.46. The van der Waals surface area contributed by atoms with Crippen LogP contribution in [0.4, 0.5) is 10.6 Å². The van der Waals surface area contributed by atoms with Crippen molar-refractivity contribution in [1.82, 2.24) is 20.5 Å². The van der Waals surface area contributed by atoms with Crippen LogP contribution in [0.5, 0.6) is 0 Å². The molecule has 1 aromatic heterocycles. The number of urea groups is 1. The van der Waals surface area contributed by atoms with Crippen molar-refractivity contribution in [2.45, 2.75) is 50.6 Å². The van der Waals surface area contributed by atoms with Gasteiger partial charge in [0.1, 0.15) is 11.4 Å². The molecule has 0 radical (unpaired) electrons. The third kappa shape index (κ3) is 4.40. The zero-order valence-corrected chi connectivity index (χ0v) is 17.2. The molecule has 1 aromatic rings. The second-order valence-electron chi connectivity index (χ2n) is 8.18. The molecule has 1 saturated carbocycles. The van der Waals surface area contributed by atoms with Gasteiger partial charge in [-0.25, -0.2) is 9.78 Å². The highest BCUT2D eigenvalue weighted by molar-refractivity contribution is 6.07. The van der Waals surface area contributed by atoms with Crippen LogP contribution in [0, 0.1) is 0 Å². The van der Waals surface area contributed by atoms with Crippen molar-refractivity contribution in [3.8, 4) is 0 Å². The van der Waals surface area contributed by atoms with E-state index in [9.17, 15) is 14.4 Å². The van der Waals surface area contributed by atoms with Crippen molar-refractivity contribution < 1.29 is 19.1 Å². The Bertz CT molecular complexity index is 802. The van der Waals surface area contributed by atoms with Gasteiger partial charge in [0.05, 0.1) is 13.2 Å². The lowest BCUT2D eigenvalue weighted by molar-refractivity contribution is -0.132. The zero-order valence-electron chi connectivity index (χ0n) is 17.2. The van der Waals surface area contributed by atoms with E-state index in [2.05, 4.69) is 20.5 Å². The van der Waals surface area contributed by atoms with Gasteiger partial charge in [-0.1, -0.05) is 19.3 Å². The highest BCUT2D eigenvalue weighted by Crippen LogP contribution is 2.33. The Morgan fingerprint density at radius 1 is 1.20 bits per heavy atom. The van der Waals surface area contributed by atoms with E-state index in [1.165, 1.54) is 4.90 Å². The molecule has 1 aliphatic carbocycles. The monoisotopic (exact) mass is 415 g/mol. The number of nitrogens with zero attached hydrogens (tertiary/aromatic N) is 3. The van der Waals surface area contributed by atoms with E-state index >= 15 is 0 Å². The van der Waals surface area contributed by atoms with Crippen LogP contribution < -0.4 is 15.5 Å². The summed E-state index contributed by atoms with van der Waals surface area (Å²) in [6.07, 6.45) is 6.19. The Labute approximate surface area is 176 Å². The number of hydrogen-bond acceptors (Lipinski definition) is 6. The first-order valence-electron chi connectivity index (χ1n) is 10.8. The van der Waals surface area contributed by atoms with E-state index in [4.69, 9.17) is 4.74 Å². The largest absolute Gasteiger partial charge is 0.378 e. The van der Waals surface area contributed by atoms with Gasteiger partial charge in [-0.15, -0.1) is 0 Å². The van der Waals surface area contributed by atoms with E-state index in [1.54, 1.807) is 6.20 Å². The Morgan fingerprint density at radius 2 is 1.97 bits per heavy atom. The molecule has 0 aromatic carbocycles. The smallest absolute Gasteiger partial charge is 0.325 e. The van der Waals surface area contributed by atoms with Crippen LogP contribution >= 0.6 is 0 Å². The SMILES string of the molecule is O=C(CCN1C(=O)NC2(CCCCC2)C1=O)NCc1ccnc(N2CCOCC2)c1. The lowest BCUT2D eigenvalue weighted by Gasteiger charge is -2.30. The predicted molar refractivity (Wildman–Crippen MR) is 110 cm³/mol. The standard InChI is InChI=1S/C21H29N5O4/c27-18(5-9-26-19(28)21(24-20(26)29)6-2-1-3-7-21)23-15-16-4-8-22-17(14-16)25-10-12-30-13-11-25/h4,8,14H,1-3,5-7,9-13,15H2,(H,23,27)(H,24,29). The first kappa shape index (κ1) is 20.6. The molecule has 9 nitrogen and oxygen atoms in total. The van der Waals surface area contributed by atoms with Crippen molar-refractivity contribution in [2.75, 3.05) is 37.7 Å². The maximum Gasteiger partial charge on any atom is 0.325 e. The van der Waals surface area contributed by atoms with E-state index < -0.39 is 5.54 Å². The number of hydrogen-bond donors (Lipinski definition) is 2. The minimum Gasteiger partial charge on any atom is -0.378 e. The molecule has 4 rings (SSSR count). The molecule has 2 aliphatic heterocycles. The van der Waals surface area contributed by atoms with Gasteiger partial charge >= 0.3 is 6.03 Å². The van der Waals surface area contributed by atoms with Crippen molar-refractivity contribution in [2.24, 2.45) is 0 Å². The molecule has 4 amide bonds. The number of ether oxygens (including phenoxy) is 1. The fraction of sp³-hybridized carbons (Fsp3) is 0.619. The Morgan fingerprint density at radius 3 is 2.73 bits per heavy atom. The summed E-state index contributed by atoms with van der Waals surface area (Å²) >= 11 is 0. The Balaban J connectivity index is 1.26. The highest BCUT2D eigenvalue weighted by Gasteiger charge is 2.51. The van der Waals surface area contributed by atoms with Crippen LogP contribution in [-0.2, 0) is 20.9 Å². The number of rotatable bonds is 6. The Hall–Kier alpha value is -2.68. The summed E-state index contributed by atoms with van der Waals surface area (Å²) in [5.41, 5.74) is 0.217. The highest BCUT2D eigenvalue weighted by atomic mass is 16.5. The van der Waals surface area contributed by atoms with Crippen molar-refractivity contribution in [3.63, 3.8) is 0 Å². The molecule has 0 atom stereocenters. The molecular formula is C21H29N5O4. The topological polar surface area (TPSA) is 104 Å². The maximum atomic E-state index is 12.8. The molecule has 3 aliphatic rings. The number of anilines is 1. The Kier molecular flexibility index (Phi) is 6.17. The first-order valence-corrected chi connectivity index (χ1v) is 10.8. The third-order valence-corrected chi connectivity index (χ3v) is 6.15. The summed E-state index contributed by atoms with van der Waals surface area (Å²) in [7, 11) is 0. The molecule has 162 valence electrons. The zero-order chi connectivity index (χ0) is 21.0. The first-order chi connectivity index (χ1) is 14.6. The number of carbonyl (C=O) groups is 3. The summed E-state index contributed by atoms with van der Waals surface area (Å²) in [4.78, 5) is 45.1. The number of aromatic nitrogens is 1. The van der Waals surface area contributed by atoms with Gasteiger partial charge in [0.25, 0.3) is 5.91 Å². The lowest BCUT2D eigenvalue weighted by Crippen LogP contribution is -2.48. The number of imide groups is 1. The molecule has 2 N–H and O–H groups in total. The van der Waals surface area contributed by atoms with Crippen molar-refractivity contribution in [1.29, 1.82) is 0 Å². The molecule has 3 fully saturated rings. The second-order valence-corrected chi connectivity index (χ2v) is 8.18.